The lowest BCUT2D eigenvalue weighted by molar-refractivity contribution is 0.395. The van der Waals surface area contributed by atoms with E-state index in [1.165, 1.54) is 6.33 Å². The highest BCUT2D eigenvalue weighted by Crippen LogP contribution is 2.39. The van der Waals surface area contributed by atoms with Crippen molar-refractivity contribution in [3.63, 3.8) is 0 Å². The molecule has 5 nitrogen and oxygen atoms in total. The van der Waals surface area contributed by atoms with Crippen molar-refractivity contribution in [2.45, 2.75) is 6.42 Å². The van der Waals surface area contributed by atoms with Gasteiger partial charge in [0.15, 0.2) is 0 Å². The second-order valence-corrected chi connectivity index (χ2v) is 5.57. The Kier molecular flexibility index (Phi) is 5.32. The average Bonchev–Trinajstić information content (AvgIpc) is 2.49. The summed E-state index contributed by atoms with van der Waals surface area (Å²) < 4.78 is 10.9. The smallest absolute Gasteiger partial charge is 0.146 e. The number of rotatable bonds is 5. The van der Waals surface area contributed by atoms with Crippen LogP contribution in [0.3, 0.4) is 0 Å². The van der Waals surface area contributed by atoms with E-state index >= 15 is 0 Å². The zero-order valence-electron chi connectivity index (χ0n) is 12.9. The van der Waals surface area contributed by atoms with Gasteiger partial charge in [0.05, 0.1) is 14.2 Å². The predicted octanol–water partition coefficient (Wildman–Crippen LogP) is 3.46. The molecule has 0 bridgehead atoms. The van der Waals surface area contributed by atoms with Crippen molar-refractivity contribution in [3.05, 3.63) is 39.9 Å². The number of hydrogen-bond donors (Lipinski definition) is 0. The van der Waals surface area contributed by atoms with E-state index in [0.29, 0.717) is 33.8 Å². The summed E-state index contributed by atoms with van der Waals surface area (Å²) in [5.74, 6) is 1.42. The molecule has 0 aliphatic carbocycles. The third kappa shape index (κ3) is 3.36. The molecule has 0 atom stereocenters. The summed E-state index contributed by atoms with van der Waals surface area (Å²) in [6, 6.07) is 3.86. The van der Waals surface area contributed by atoms with Gasteiger partial charge in [0.25, 0.3) is 0 Å². The van der Waals surface area contributed by atoms with E-state index in [4.69, 9.17) is 32.7 Å². The summed E-state index contributed by atoms with van der Waals surface area (Å²) in [6.07, 6.45) is 1.82. The third-order valence-electron chi connectivity index (χ3n) is 3.21. The molecule has 0 saturated heterocycles. The van der Waals surface area contributed by atoms with Crippen LogP contribution >= 0.6 is 23.2 Å². The lowest BCUT2D eigenvalue weighted by atomic mass is 10.1. The summed E-state index contributed by atoms with van der Waals surface area (Å²) in [4.78, 5) is 9.87. The van der Waals surface area contributed by atoms with Gasteiger partial charge in [-0.2, -0.15) is 0 Å². The molecule has 0 saturated carbocycles. The summed E-state index contributed by atoms with van der Waals surface area (Å²) in [6.45, 7) is 0. The average molecular weight is 342 g/mol. The maximum atomic E-state index is 6.10. The number of anilines is 1. The Balaban J connectivity index is 2.49. The molecule has 0 amide bonds. The minimum Gasteiger partial charge on any atom is -0.494 e. The van der Waals surface area contributed by atoms with Crippen LogP contribution in [-0.2, 0) is 6.42 Å². The van der Waals surface area contributed by atoms with Gasteiger partial charge in [-0.3, -0.25) is 0 Å². The van der Waals surface area contributed by atoms with Gasteiger partial charge in [-0.05, 0) is 17.7 Å². The standard InChI is InChI=1S/C15H17Cl2N3O2/c1-20(2)13-11(21-3)6-9(7-12(13)22-4)5-10-14(16)18-8-19-15(10)17/h6-8H,5H2,1-4H3. The molecule has 2 aromatic rings. The molecule has 7 heteroatoms. The van der Waals surface area contributed by atoms with Gasteiger partial charge < -0.3 is 14.4 Å². The fraction of sp³-hybridized carbons (Fsp3) is 0.333. The van der Waals surface area contributed by atoms with E-state index in [9.17, 15) is 0 Å². The predicted molar refractivity (Wildman–Crippen MR) is 88.7 cm³/mol. The SMILES string of the molecule is COc1cc(Cc2c(Cl)ncnc2Cl)cc(OC)c1N(C)C. The van der Waals surface area contributed by atoms with Crippen LogP contribution in [-0.4, -0.2) is 38.3 Å². The molecular weight excluding hydrogens is 325 g/mol. The van der Waals surface area contributed by atoms with Crippen LogP contribution in [0.4, 0.5) is 5.69 Å². The number of halogens is 2. The van der Waals surface area contributed by atoms with Crippen molar-refractivity contribution in [3.8, 4) is 11.5 Å². The topological polar surface area (TPSA) is 47.5 Å². The molecule has 1 aromatic carbocycles. The molecule has 0 fully saturated rings. The number of aromatic nitrogens is 2. The van der Waals surface area contributed by atoms with Crippen molar-refractivity contribution in [1.29, 1.82) is 0 Å². The molecule has 0 N–H and O–H groups in total. The van der Waals surface area contributed by atoms with E-state index in [1.807, 2.05) is 31.1 Å². The second kappa shape index (κ2) is 7.03. The number of ether oxygens (including phenoxy) is 2. The quantitative estimate of drug-likeness (QED) is 0.779. The van der Waals surface area contributed by atoms with Gasteiger partial charge in [-0.1, -0.05) is 23.2 Å². The Labute approximate surface area is 139 Å². The third-order valence-corrected chi connectivity index (χ3v) is 3.86. The molecule has 0 radical (unpaired) electrons. The first-order valence-corrected chi connectivity index (χ1v) is 7.30. The lowest BCUT2D eigenvalue weighted by Gasteiger charge is -2.21. The van der Waals surface area contributed by atoms with Gasteiger partial charge in [0.1, 0.15) is 33.8 Å². The molecule has 2 rings (SSSR count). The molecule has 1 aromatic heterocycles. The van der Waals surface area contributed by atoms with E-state index < -0.39 is 0 Å². The maximum Gasteiger partial charge on any atom is 0.146 e. The van der Waals surface area contributed by atoms with E-state index in [0.717, 1.165) is 11.3 Å². The Hall–Kier alpha value is -1.72. The Morgan fingerprint density at radius 2 is 1.50 bits per heavy atom. The summed E-state index contributed by atoms with van der Waals surface area (Å²) >= 11 is 12.2. The first-order valence-electron chi connectivity index (χ1n) is 6.55. The van der Waals surface area contributed by atoms with E-state index in [-0.39, 0.29) is 0 Å². The Morgan fingerprint density at radius 1 is 1.00 bits per heavy atom. The largest absolute Gasteiger partial charge is 0.494 e. The Morgan fingerprint density at radius 3 is 1.91 bits per heavy atom. The molecule has 1 heterocycles. The first-order chi connectivity index (χ1) is 10.5. The molecule has 0 unspecified atom stereocenters. The Bertz CT molecular complexity index is 633. The lowest BCUT2D eigenvalue weighted by Crippen LogP contribution is -2.12. The van der Waals surface area contributed by atoms with Crippen LogP contribution in [0.25, 0.3) is 0 Å². The number of methoxy groups -OCH3 is 2. The fourth-order valence-corrected chi connectivity index (χ4v) is 2.66. The van der Waals surface area contributed by atoms with Crippen LogP contribution < -0.4 is 14.4 Å². The van der Waals surface area contributed by atoms with E-state index in [1.54, 1.807) is 14.2 Å². The van der Waals surface area contributed by atoms with E-state index in [2.05, 4.69) is 9.97 Å². The van der Waals surface area contributed by atoms with Gasteiger partial charge in [0.2, 0.25) is 0 Å². The van der Waals surface area contributed by atoms with Crippen molar-refractivity contribution in [2.75, 3.05) is 33.2 Å². The highest BCUT2D eigenvalue weighted by atomic mass is 35.5. The van der Waals surface area contributed by atoms with Gasteiger partial charge >= 0.3 is 0 Å². The minimum atomic E-state index is 0.342. The highest BCUT2D eigenvalue weighted by Gasteiger charge is 2.16. The maximum absolute atomic E-state index is 6.10. The van der Waals surface area contributed by atoms with Crippen LogP contribution in [0.1, 0.15) is 11.1 Å². The molecular formula is C15H17Cl2N3O2. The highest BCUT2D eigenvalue weighted by molar-refractivity contribution is 6.34. The molecule has 0 aliphatic rings. The van der Waals surface area contributed by atoms with Gasteiger partial charge in [0, 0.05) is 26.1 Å². The zero-order chi connectivity index (χ0) is 16.3. The number of hydrogen-bond acceptors (Lipinski definition) is 5. The molecule has 0 spiro atoms. The van der Waals surface area contributed by atoms with Gasteiger partial charge in [-0.25, -0.2) is 9.97 Å². The minimum absolute atomic E-state index is 0.342. The second-order valence-electron chi connectivity index (χ2n) is 4.85. The zero-order valence-corrected chi connectivity index (χ0v) is 14.4. The fourth-order valence-electron chi connectivity index (χ4n) is 2.21. The van der Waals surface area contributed by atoms with Crippen molar-refractivity contribution in [1.82, 2.24) is 9.97 Å². The monoisotopic (exact) mass is 341 g/mol. The normalized spacial score (nSPS) is 10.5. The van der Waals surface area contributed by atoms with Gasteiger partial charge in [-0.15, -0.1) is 0 Å². The first kappa shape index (κ1) is 16.6. The molecule has 118 valence electrons. The number of benzene rings is 1. The summed E-state index contributed by atoms with van der Waals surface area (Å²) in [7, 11) is 7.10. The molecule has 22 heavy (non-hydrogen) atoms. The van der Waals surface area contributed by atoms with Crippen molar-refractivity contribution in [2.24, 2.45) is 0 Å². The summed E-state index contributed by atoms with van der Waals surface area (Å²) in [5, 5.41) is 0.684. The molecule has 0 aliphatic heterocycles. The van der Waals surface area contributed by atoms with Crippen LogP contribution in [0.5, 0.6) is 11.5 Å². The van der Waals surface area contributed by atoms with Crippen molar-refractivity contribution < 1.29 is 9.47 Å². The van der Waals surface area contributed by atoms with Crippen LogP contribution in [0, 0.1) is 0 Å². The van der Waals surface area contributed by atoms with Crippen molar-refractivity contribution >= 4 is 28.9 Å². The summed E-state index contributed by atoms with van der Waals surface area (Å²) in [5.41, 5.74) is 2.49. The van der Waals surface area contributed by atoms with Crippen LogP contribution in [0.2, 0.25) is 10.3 Å². The number of nitrogens with zero attached hydrogens (tertiary/aromatic N) is 3. The van der Waals surface area contributed by atoms with Crippen LogP contribution in [0.15, 0.2) is 18.5 Å².